The Morgan fingerprint density at radius 2 is 1.74 bits per heavy atom. The van der Waals surface area contributed by atoms with Gasteiger partial charge in [0.1, 0.15) is 11.9 Å². The summed E-state index contributed by atoms with van der Waals surface area (Å²) < 4.78 is 14.5. The van der Waals surface area contributed by atoms with E-state index in [-0.39, 0.29) is 24.4 Å². The standard InChI is InChI=1S/C27H21FIN3O3/c28-19-7-5-17(6-8-19)26(34)31(14-13-18-16-30-23-4-2-1-3-22(18)23)24-15-25(33)32(27(24)35)21-11-9-20(29)10-12-21/h1-12,16,24,30H,13-15H2. The van der Waals surface area contributed by atoms with Crippen LogP contribution in [0, 0.1) is 9.39 Å². The Labute approximate surface area is 214 Å². The van der Waals surface area contributed by atoms with Crippen LogP contribution in [0.3, 0.4) is 0 Å². The molecule has 0 radical (unpaired) electrons. The highest BCUT2D eigenvalue weighted by Gasteiger charge is 2.44. The molecule has 0 saturated carbocycles. The van der Waals surface area contributed by atoms with Crippen molar-refractivity contribution in [1.29, 1.82) is 0 Å². The fourth-order valence-corrected chi connectivity index (χ4v) is 4.82. The number of nitrogens with one attached hydrogen (secondary N) is 1. The third-order valence-electron chi connectivity index (χ3n) is 6.23. The van der Waals surface area contributed by atoms with E-state index in [0.29, 0.717) is 12.1 Å². The fourth-order valence-electron chi connectivity index (χ4n) is 4.46. The maximum atomic E-state index is 13.5. The molecule has 4 aromatic rings. The van der Waals surface area contributed by atoms with Gasteiger partial charge in [0.15, 0.2) is 0 Å². The lowest BCUT2D eigenvalue weighted by Crippen LogP contribution is -2.46. The number of nitrogens with zero attached hydrogens (tertiary/aromatic N) is 2. The molecule has 0 aliphatic carbocycles. The zero-order valence-corrected chi connectivity index (χ0v) is 20.7. The van der Waals surface area contributed by atoms with Crippen molar-refractivity contribution in [3.05, 3.63) is 99.5 Å². The number of anilines is 1. The normalized spacial score (nSPS) is 15.7. The van der Waals surface area contributed by atoms with Gasteiger partial charge in [0.25, 0.3) is 11.8 Å². The molecule has 3 aromatic carbocycles. The molecule has 1 aliphatic heterocycles. The van der Waals surface area contributed by atoms with Gasteiger partial charge in [-0.1, -0.05) is 18.2 Å². The number of hydrogen-bond donors (Lipinski definition) is 1. The van der Waals surface area contributed by atoms with Crippen LogP contribution >= 0.6 is 22.6 Å². The van der Waals surface area contributed by atoms with E-state index in [9.17, 15) is 18.8 Å². The molecule has 2 heterocycles. The summed E-state index contributed by atoms with van der Waals surface area (Å²) in [4.78, 5) is 45.7. The van der Waals surface area contributed by atoms with Crippen LogP contribution in [-0.2, 0) is 16.0 Å². The predicted molar refractivity (Wildman–Crippen MR) is 139 cm³/mol. The predicted octanol–water partition coefficient (Wildman–Crippen LogP) is 4.93. The monoisotopic (exact) mass is 581 g/mol. The molecule has 1 atom stereocenters. The van der Waals surface area contributed by atoms with Crippen molar-refractivity contribution in [3.63, 3.8) is 0 Å². The molecule has 1 saturated heterocycles. The van der Waals surface area contributed by atoms with Crippen LogP contribution < -0.4 is 4.90 Å². The van der Waals surface area contributed by atoms with Crippen LogP contribution in [0.1, 0.15) is 22.3 Å². The minimum atomic E-state index is -0.940. The number of hydrogen-bond acceptors (Lipinski definition) is 3. The zero-order valence-electron chi connectivity index (χ0n) is 18.6. The number of fused-ring (bicyclic) bond motifs is 1. The minimum Gasteiger partial charge on any atom is -0.361 e. The quantitative estimate of drug-likeness (QED) is 0.260. The first-order valence-electron chi connectivity index (χ1n) is 11.2. The van der Waals surface area contributed by atoms with Gasteiger partial charge < -0.3 is 9.88 Å². The van der Waals surface area contributed by atoms with Crippen LogP contribution in [0.5, 0.6) is 0 Å². The molecule has 6 nitrogen and oxygen atoms in total. The van der Waals surface area contributed by atoms with E-state index in [1.165, 1.54) is 29.2 Å². The summed E-state index contributed by atoms with van der Waals surface area (Å²) >= 11 is 2.15. The third kappa shape index (κ3) is 4.58. The Bertz CT molecular complexity index is 1420. The molecule has 3 amide bonds. The average Bonchev–Trinajstić information content (AvgIpc) is 3.40. The molecule has 1 aromatic heterocycles. The summed E-state index contributed by atoms with van der Waals surface area (Å²) in [6.45, 7) is 0.224. The summed E-state index contributed by atoms with van der Waals surface area (Å²) in [7, 11) is 0. The van der Waals surface area contributed by atoms with Gasteiger partial charge >= 0.3 is 0 Å². The van der Waals surface area contributed by atoms with Crippen molar-refractivity contribution >= 4 is 56.9 Å². The van der Waals surface area contributed by atoms with Gasteiger partial charge in [-0.15, -0.1) is 0 Å². The number of imide groups is 1. The first-order valence-corrected chi connectivity index (χ1v) is 12.2. The number of halogens is 2. The first kappa shape index (κ1) is 23.2. The Kier molecular flexibility index (Phi) is 6.38. The summed E-state index contributed by atoms with van der Waals surface area (Å²) in [5.41, 5.74) is 2.73. The second-order valence-electron chi connectivity index (χ2n) is 8.38. The number of aromatic nitrogens is 1. The molecule has 8 heteroatoms. The van der Waals surface area contributed by atoms with Gasteiger partial charge in [0.2, 0.25) is 5.91 Å². The van der Waals surface area contributed by atoms with Crippen LogP contribution in [0.25, 0.3) is 10.9 Å². The van der Waals surface area contributed by atoms with E-state index in [4.69, 9.17) is 0 Å². The topological polar surface area (TPSA) is 73.5 Å². The summed E-state index contributed by atoms with van der Waals surface area (Å²) in [6.07, 6.45) is 2.27. The van der Waals surface area contributed by atoms with Crippen LogP contribution in [0.15, 0.2) is 79.0 Å². The molecule has 176 valence electrons. The Morgan fingerprint density at radius 1 is 1.03 bits per heavy atom. The van der Waals surface area contributed by atoms with Crippen molar-refractivity contribution < 1.29 is 18.8 Å². The van der Waals surface area contributed by atoms with Gasteiger partial charge in [0, 0.05) is 32.8 Å². The number of carbonyl (C=O) groups excluding carboxylic acids is 3. The second-order valence-corrected chi connectivity index (χ2v) is 9.62. The van der Waals surface area contributed by atoms with E-state index in [1.807, 2.05) is 42.6 Å². The van der Waals surface area contributed by atoms with Crippen molar-refractivity contribution in [1.82, 2.24) is 9.88 Å². The first-order chi connectivity index (χ1) is 16.9. The number of rotatable bonds is 6. The van der Waals surface area contributed by atoms with E-state index in [2.05, 4.69) is 27.6 Å². The lowest BCUT2D eigenvalue weighted by molar-refractivity contribution is -0.122. The molecule has 1 unspecified atom stereocenters. The van der Waals surface area contributed by atoms with Crippen LogP contribution in [-0.4, -0.2) is 40.2 Å². The lowest BCUT2D eigenvalue weighted by Gasteiger charge is -2.28. The summed E-state index contributed by atoms with van der Waals surface area (Å²) in [6, 6.07) is 19.2. The number of benzene rings is 3. The van der Waals surface area contributed by atoms with Crippen molar-refractivity contribution in [3.8, 4) is 0 Å². The maximum Gasteiger partial charge on any atom is 0.257 e. The maximum absolute atomic E-state index is 13.5. The van der Waals surface area contributed by atoms with Crippen molar-refractivity contribution in [2.45, 2.75) is 18.9 Å². The Morgan fingerprint density at radius 3 is 2.49 bits per heavy atom. The number of carbonyl (C=O) groups is 3. The number of para-hydroxylation sites is 1. The molecule has 1 N–H and O–H groups in total. The van der Waals surface area contributed by atoms with Gasteiger partial charge in [-0.25, -0.2) is 9.29 Å². The van der Waals surface area contributed by atoms with Gasteiger partial charge in [0.05, 0.1) is 12.1 Å². The molecular formula is C27H21FIN3O3. The van der Waals surface area contributed by atoms with Crippen molar-refractivity contribution in [2.75, 3.05) is 11.4 Å². The summed E-state index contributed by atoms with van der Waals surface area (Å²) in [5.74, 6) is -1.67. The molecular weight excluding hydrogens is 560 g/mol. The molecule has 0 spiro atoms. The fraction of sp³-hybridized carbons (Fsp3) is 0.148. The highest BCUT2D eigenvalue weighted by Crippen LogP contribution is 2.28. The highest BCUT2D eigenvalue weighted by atomic mass is 127. The van der Waals surface area contributed by atoms with Crippen LogP contribution in [0.4, 0.5) is 10.1 Å². The minimum absolute atomic E-state index is 0.106. The lowest BCUT2D eigenvalue weighted by atomic mass is 10.1. The van der Waals surface area contributed by atoms with E-state index in [0.717, 1.165) is 24.9 Å². The Hall–Kier alpha value is -3.53. The SMILES string of the molecule is O=C1CC(N(CCc2c[nH]c3ccccc23)C(=O)c2ccc(F)cc2)C(=O)N1c1ccc(I)cc1. The second kappa shape index (κ2) is 9.61. The largest absolute Gasteiger partial charge is 0.361 e. The number of amides is 3. The molecule has 1 aliphatic rings. The zero-order chi connectivity index (χ0) is 24.5. The van der Waals surface area contributed by atoms with Crippen LogP contribution in [0.2, 0.25) is 0 Å². The molecule has 5 rings (SSSR count). The molecule has 1 fully saturated rings. The molecule has 35 heavy (non-hydrogen) atoms. The number of aromatic amines is 1. The number of H-pyrrole nitrogens is 1. The smallest absolute Gasteiger partial charge is 0.257 e. The van der Waals surface area contributed by atoms with Gasteiger partial charge in [-0.2, -0.15) is 0 Å². The van der Waals surface area contributed by atoms with Crippen molar-refractivity contribution in [2.24, 2.45) is 0 Å². The van der Waals surface area contributed by atoms with Gasteiger partial charge in [-0.3, -0.25) is 14.4 Å². The van der Waals surface area contributed by atoms with E-state index < -0.39 is 23.7 Å². The van der Waals surface area contributed by atoms with Gasteiger partial charge in [-0.05, 0) is 89.2 Å². The highest BCUT2D eigenvalue weighted by molar-refractivity contribution is 14.1. The van der Waals surface area contributed by atoms with E-state index in [1.54, 1.807) is 12.1 Å². The molecule has 0 bridgehead atoms. The average molecular weight is 581 g/mol. The Balaban J connectivity index is 1.46. The summed E-state index contributed by atoms with van der Waals surface area (Å²) in [5, 5.41) is 1.04. The van der Waals surface area contributed by atoms with E-state index >= 15 is 0 Å². The third-order valence-corrected chi connectivity index (χ3v) is 6.95.